The molecule has 0 fully saturated rings. The predicted molar refractivity (Wildman–Crippen MR) is 76.8 cm³/mol. The molecule has 0 saturated carbocycles. The van der Waals surface area contributed by atoms with Crippen LogP contribution in [0.4, 0.5) is 0 Å². The summed E-state index contributed by atoms with van der Waals surface area (Å²) in [6, 6.07) is 8.32. The van der Waals surface area contributed by atoms with Gasteiger partial charge in [0.25, 0.3) is 0 Å². The number of hydrogen-bond donors (Lipinski definition) is 1. The average Bonchev–Trinajstić information content (AvgIpc) is 2.29. The van der Waals surface area contributed by atoms with Crippen molar-refractivity contribution in [3.63, 3.8) is 0 Å². The lowest BCUT2D eigenvalue weighted by molar-refractivity contribution is 1.07. The molecule has 0 saturated heterocycles. The minimum absolute atomic E-state index is 1.06. The lowest BCUT2D eigenvalue weighted by atomic mass is 9.98. The van der Waals surface area contributed by atoms with Gasteiger partial charge in [-0.2, -0.15) is 0 Å². The summed E-state index contributed by atoms with van der Waals surface area (Å²) in [7, 11) is 1.91. The van der Waals surface area contributed by atoms with Crippen molar-refractivity contribution in [1.82, 2.24) is 5.32 Å². The highest BCUT2D eigenvalue weighted by molar-refractivity contribution is 5.75. The minimum Gasteiger partial charge on any atom is -0.394 e. The zero-order chi connectivity index (χ0) is 12.8. The normalized spacial score (nSPS) is 12.5. The Hall–Kier alpha value is -1.76. The summed E-state index contributed by atoms with van der Waals surface area (Å²) in [4.78, 5) is 0. The Morgan fingerprint density at radius 2 is 1.82 bits per heavy atom. The summed E-state index contributed by atoms with van der Waals surface area (Å²) >= 11 is 0. The molecule has 0 aliphatic carbocycles. The van der Waals surface area contributed by atoms with Gasteiger partial charge in [0.1, 0.15) is 0 Å². The first-order chi connectivity index (χ1) is 8.06. The van der Waals surface area contributed by atoms with Crippen LogP contribution in [0.3, 0.4) is 0 Å². The fraction of sp³-hybridized carbons (Fsp3) is 0.250. The van der Waals surface area contributed by atoms with Gasteiger partial charge in [0, 0.05) is 7.05 Å². The molecule has 0 aliphatic heterocycles. The van der Waals surface area contributed by atoms with Crippen molar-refractivity contribution in [3.05, 3.63) is 65.4 Å². The van der Waals surface area contributed by atoms with E-state index in [9.17, 15) is 0 Å². The van der Waals surface area contributed by atoms with Gasteiger partial charge in [-0.25, -0.2) is 0 Å². The number of benzene rings is 1. The molecule has 1 rings (SSSR count). The van der Waals surface area contributed by atoms with E-state index in [-0.39, 0.29) is 0 Å². The largest absolute Gasteiger partial charge is 0.394 e. The summed E-state index contributed by atoms with van der Waals surface area (Å²) in [6.45, 7) is 10.4. The molecule has 0 atom stereocenters. The molecule has 1 heteroatoms. The first-order valence-corrected chi connectivity index (χ1v) is 5.84. The molecule has 1 aromatic rings. The second-order valence-corrected chi connectivity index (χ2v) is 4.28. The van der Waals surface area contributed by atoms with Crippen LogP contribution in [0.2, 0.25) is 0 Å². The van der Waals surface area contributed by atoms with Crippen molar-refractivity contribution in [2.24, 2.45) is 0 Å². The van der Waals surface area contributed by atoms with Crippen LogP contribution in [0.15, 0.2) is 54.3 Å². The van der Waals surface area contributed by atoms with Gasteiger partial charge < -0.3 is 5.32 Å². The van der Waals surface area contributed by atoms with E-state index in [1.165, 1.54) is 22.3 Å². The average molecular weight is 227 g/mol. The maximum atomic E-state index is 4.14. The van der Waals surface area contributed by atoms with E-state index in [1.807, 2.05) is 19.3 Å². The van der Waals surface area contributed by atoms with E-state index in [4.69, 9.17) is 0 Å². The highest BCUT2D eigenvalue weighted by Gasteiger charge is 2.00. The van der Waals surface area contributed by atoms with Gasteiger partial charge in [-0.05, 0) is 54.8 Å². The van der Waals surface area contributed by atoms with Gasteiger partial charge in [-0.15, -0.1) is 0 Å². The Labute approximate surface area is 105 Å². The van der Waals surface area contributed by atoms with Crippen molar-refractivity contribution in [3.8, 4) is 0 Å². The van der Waals surface area contributed by atoms with Crippen LogP contribution in [0.25, 0.3) is 5.57 Å². The molecule has 0 heterocycles. The highest BCUT2D eigenvalue weighted by Crippen LogP contribution is 2.21. The number of aryl methyl sites for hydroxylation is 1. The zero-order valence-corrected chi connectivity index (χ0v) is 11.2. The third-order valence-electron chi connectivity index (χ3n) is 2.86. The van der Waals surface area contributed by atoms with Crippen LogP contribution < -0.4 is 5.32 Å². The molecular weight excluding hydrogens is 206 g/mol. The molecule has 1 N–H and O–H groups in total. The predicted octanol–water partition coefficient (Wildman–Crippen LogP) is 4.08. The molecule has 90 valence electrons. The van der Waals surface area contributed by atoms with Gasteiger partial charge in [0.2, 0.25) is 0 Å². The number of allylic oxidation sites excluding steroid dienone is 4. The van der Waals surface area contributed by atoms with Gasteiger partial charge >= 0.3 is 0 Å². The smallest absolute Gasteiger partial charge is 0.00278 e. The number of hydrogen-bond acceptors (Lipinski definition) is 1. The lowest BCUT2D eigenvalue weighted by Gasteiger charge is -2.07. The Bertz CT molecular complexity index is 464. The van der Waals surface area contributed by atoms with Crippen molar-refractivity contribution in [1.29, 1.82) is 0 Å². The molecule has 0 aromatic heterocycles. The molecule has 0 spiro atoms. The van der Waals surface area contributed by atoms with Crippen molar-refractivity contribution >= 4 is 5.57 Å². The molecule has 0 amide bonds. The van der Waals surface area contributed by atoms with Crippen LogP contribution in [0.1, 0.15) is 25.0 Å². The fourth-order valence-corrected chi connectivity index (χ4v) is 1.72. The summed E-state index contributed by atoms with van der Waals surface area (Å²) in [5, 5.41) is 3.04. The number of rotatable bonds is 4. The van der Waals surface area contributed by atoms with Crippen LogP contribution in [-0.2, 0) is 0 Å². The highest BCUT2D eigenvalue weighted by atomic mass is 14.8. The van der Waals surface area contributed by atoms with Gasteiger partial charge in [-0.3, -0.25) is 0 Å². The van der Waals surface area contributed by atoms with Crippen LogP contribution in [0.5, 0.6) is 0 Å². The Morgan fingerprint density at radius 3 is 2.41 bits per heavy atom. The van der Waals surface area contributed by atoms with Crippen molar-refractivity contribution in [2.75, 3.05) is 7.05 Å². The molecular formula is C16H21N. The maximum Gasteiger partial charge on any atom is 0.00278 e. The van der Waals surface area contributed by atoms with E-state index < -0.39 is 0 Å². The SMILES string of the molecule is C=C(/C=C(C)\C(C)=C/NC)c1ccccc1C. The summed E-state index contributed by atoms with van der Waals surface area (Å²) < 4.78 is 0. The Balaban J connectivity index is 2.97. The van der Waals surface area contributed by atoms with E-state index in [0.29, 0.717) is 0 Å². The van der Waals surface area contributed by atoms with Gasteiger partial charge in [0.05, 0.1) is 0 Å². The van der Waals surface area contributed by atoms with E-state index >= 15 is 0 Å². The topological polar surface area (TPSA) is 12.0 Å². The van der Waals surface area contributed by atoms with E-state index in [0.717, 1.165) is 5.57 Å². The first-order valence-electron chi connectivity index (χ1n) is 5.84. The second-order valence-electron chi connectivity index (χ2n) is 4.28. The minimum atomic E-state index is 1.06. The molecule has 17 heavy (non-hydrogen) atoms. The summed E-state index contributed by atoms with van der Waals surface area (Å²) in [5.41, 5.74) is 5.99. The van der Waals surface area contributed by atoms with E-state index in [2.05, 4.69) is 56.9 Å². The lowest BCUT2D eigenvalue weighted by Crippen LogP contribution is -1.95. The standard InChI is InChI=1S/C16H21N/c1-12-8-6-7-9-16(12)14(3)10-13(2)15(4)11-17-5/h6-11,17H,3H2,1-2,4-5H3/b13-10-,15-11-. The molecule has 1 aromatic carbocycles. The fourth-order valence-electron chi connectivity index (χ4n) is 1.72. The van der Waals surface area contributed by atoms with Crippen molar-refractivity contribution in [2.45, 2.75) is 20.8 Å². The Kier molecular flexibility index (Phi) is 4.77. The Morgan fingerprint density at radius 1 is 1.18 bits per heavy atom. The second kappa shape index (κ2) is 6.09. The van der Waals surface area contributed by atoms with Gasteiger partial charge in [-0.1, -0.05) is 36.9 Å². The van der Waals surface area contributed by atoms with Crippen LogP contribution >= 0.6 is 0 Å². The van der Waals surface area contributed by atoms with E-state index in [1.54, 1.807) is 0 Å². The first kappa shape index (κ1) is 13.3. The third kappa shape index (κ3) is 3.63. The summed E-state index contributed by atoms with van der Waals surface area (Å²) in [5.74, 6) is 0. The molecule has 0 radical (unpaired) electrons. The quantitative estimate of drug-likeness (QED) is 0.764. The molecule has 1 nitrogen and oxygen atoms in total. The zero-order valence-electron chi connectivity index (χ0n) is 11.2. The summed E-state index contributed by atoms with van der Waals surface area (Å²) in [6.07, 6.45) is 4.13. The molecule has 0 unspecified atom stereocenters. The van der Waals surface area contributed by atoms with Crippen molar-refractivity contribution < 1.29 is 0 Å². The van der Waals surface area contributed by atoms with Crippen LogP contribution in [-0.4, -0.2) is 7.05 Å². The monoisotopic (exact) mass is 227 g/mol. The maximum absolute atomic E-state index is 4.14. The van der Waals surface area contributed by atoms with Crippen LogP contribution in [0, 0.1) is 6.92 Å². The number of nitrogens with one attached hydrogen (secondary N) is 1. The van der Waals surface area contributed by atoms with Gasteiger partial charge in [0.15, 0.2) is 0 Å². The molecule has 0 aliphatic rings. The third-order valence-corrected chi connectivity index (χ3v) is 2.86. The molecule has 0 bridgehead atoms.